The van der Waals surface area contributed by atoms with Crippen molar-refractivity contribution in [1.82, 2.24) is 4.90 Å². The van der Waals surface area contributed by atoms with Gasteiger partial charge in [0.15, 0.2) is 0 Å². The van der Waals surface area contributed by atoms with Gasteiger partial charge in [-0.15, -0.1) is 0 Å². The number of nitrogens with two attached hydrogens (primary N) is 1. The van der Waals surface area contributed by atoms with Gasteiger partial charge in [-0.05, 0) is 36.6 Å². The molecule has 1 fully saturated rings. The SMILES string of the molecule is CC1CCN(Cc2ccc(C(N)=O)c(F)c2)C1. The van der Waals surface area contributed by atoms with Crippen molar-refractivity contribution < 1.29 is 9.18 Å². The summed E-state index contributed by atoms with van der Waals surface area (Å²) >= 11 is 0. The largest absolute Gasteiger partial charge is 0.366 e. The number of hydrogen-bond acceptors (Lipinski definition) is 2. The highest BCUT2D eigenvalue weighted by Crippen LogP contribution is 2.19. The molecule has 2 rings (SSSR count). The molecule has 0 saturated carbocycles. The summed E-state index contributed by atoms with van der Waals surface area (Å²) in [6.45, 7) is 5.07. The maximum absolute atomic E-state index is 13.5. The van der Waals surface area contributed by atoms with Gasteiger partial charge in [-0.1, -0.05) is 13.0 Å². The van der Waals surface area contributed by atoms with Crippen molar-refractivity contribution >= 4 is 5.91 Å². The number of rotatable bonds is 3. The second kappa shape index (κ2) is 4.84. The quantitative estimate of drug-likeness (QED) is 0.869. The minimum Gasteiger partial charge on any atom is -0.366 e. The van der Waals surface area contributed by atoms with Crippen molar-refractivity contribution in [2.45, 2.75) is 19.9 Å². The lowest BCUT2D eigenvalue weighted by Gasteiger charge is -2.15. The van der Waals surface area contributed by atoms with Gasteiger partial charge in [0.1, 0.15) is 5.82 Å². The normalized spacial score (nSPS) is 20.7. The minimum absolute atomic E-state index is 0.0384. The Morgan fingerprint density at radius 2 is 2.35 bits per heavy atom. The van der Waals surface area contributed by atoms with Crippen molar-refractivity contribution in [2.24, 2.45) is 11.7 Å². The molecule has 0 aliphatic carbocycles. The fourth-order valence-electron chi connectivity index (χ4n) is 2.28. The van der Waals surface area contributed by atoms with E-state index in [0.29, 0.717) is 5.92 Å². The predicted molar refractivity (Wildman–Crippen MR) is 64.0 cm³/mol. The number of hydrogen-bond donors (Lipinski definition) is 1. The molecule has 1 atom stereocenters. The summed E-state index contributed by atoms with van der Waals surface area (Å²) in [4.78, 5) is 13.2. The molecule has 3 nitrogen and oxygen atoms in total. The van der Waals surface area contributed by atoms with Crippen molar-refractivity contribution in [3.8, 4) is 0 Å². The number of carbonyl (C=O) groups is 1. The zero-order valence-corrected chi connectivity index (χ0v) is 9.95. The Morgan fingerprint density at radius 3 is 2.88 bits per heavy atom. The summed E-state index contributed by atoms with van der Waals surface area (Å²) in [5.41, 5.74) is 5.91. The van der Waals surface area contributed by atoms with Gasteiger partial charge < -0.3 is 5.73 Å². The van der Waals surface area contributed by atoms with Gasteiger partial charge in [-0.2, -0.15) is 0 Å². The highest BCUT2D eigenvalue weighted by molar-refractivity contribution is 5.93. The minimum atomic E-state index is -0.719. The Kier molecular flexibility index (Phi) is 3.43. The molecule has 1 aromatic rings. The second-order valence-electron chi connectivity index (χ2n) is 4.81. The van der Waals surface area contributed by atoms with Crippen LogP contribution in [0.2, 0.25) is 0 Å². The standard InChI is InChI=1S/C13H17FN2O/c1-9-4-5-16(7-9)8-10-2-3-11(13(15)17)12(14)6-10/h2-3,6,9H,4-5,7-8H2,1H3,(H2,15,17). The van der Waals surface area contributed by atoms with Gasteiger partial charge in [-0.3, -0.25) is 9.69 Å². The molecule has 1 heterocycles. The van der Waals surface area contributed by atoms with E-state index in [0.717, 1.165) is 25.2 Å². The zero-order chi connectivity index (χ0) is 12.4. The van der Waals surface area contributed by atoms with Crippen LogP contribution in [0.5, 0.6) is 0 Å². The van der Waals surface area contributed by atoms with Crippen LogP contribution in [0.25, 0.3) is 0 Å². The highest BCUT2D eigenvalue weighted by Gasteiger charge is 2.19. The molecular weight excluding hydrogens is 219 g/mol. The van der Waals surface area contributed by atoms with Crippen LogP contribution >= 0.6 is 0 Å². The van der Waals surface area contributed by atoms with Crippen LogP contribution in [0.4, 0.5) is 4.39 Å². The smallest absolute Gasteiger partial charge is 0.251 e. The topological polar surface area (TPSA) is 46.3 Å². The summed E-state index contributed by atoms with van der Waals surface area (Å²) in [5.74, 6) is -0.532. The molecule has 1 unspecified atom stereocenters. The predicted octanol–water partition coefficient (Wildman–Crippen LogP) is 1.77. The Balaban J connectivity index is 2.07. The Morgan fingerprint density at radius 1 is 1.59 bits per heavy atom. The van der Waals surface area contributed by atoms with Crippen LogP contribution in [0, 0.1) is 11.7 Å². The van der Waals surface area contributed by atoms with E-state index in [4.69, 9.17) is 5.73 Å². The maximum atomic E-state index is 13.5. The lowest BCUT2D eigenvalue weighted by molar-refractivity contribution is 0.0996. The van der Waals surface area contributed by atoms with E-state index < -0.39 is 11.7 Å². The number of nitrogens with zero attached hydrogens (tertiary/aromatic N) is 1. The number of carbonyl (C=O) groups excluding carboxylic acids is 1. The number of likely N-dealkylation sites (tertiary alicyclic amines) is 1. The van der Waals surface area contributed by atoms with Gasteiger partial charge in [0.25, 0.3) is 5.91 Å². The summed E-state index contributed by atoms with van der Waals surface area (Å²) in [6.07, 6.45) is 1.20. The van der Waals surface area contributed by atoms with Crippen LogP contribution in [0.15, 0.2) is 18.2 Å². The molecule has 1 aliphatic rings. The van der Waals surface area contributed by atoms with E-state index in [2.05, 4.69) is 11.8 Å². The van der Waals surface area contributed by atoms with Gasteiger partial charge in [0, 0.05) is 13.1 Å². The van der Waals surface area contributed by atoms with Crippen LogP contribution < -0.4 is 5.73 Å². The number of amides is 1. The molecule has 1 saturated heterocycles. The lowest BCUT2D eigenvalue weighted by atomic mass is 10.1. The average Bonchev–Trinajstić information content (AvgIpc) is 2.63. The highest BCUT2D eigenvalue weighted by atomic mass is 19.1. The number of benzene rings is 1. The fraction of sp³-hybridized carbons (Fsp3) is 0.462. The van der Waals surface area contributed by atoms with E-state index in [9.17, 15) is 9.18 Å². The third kappa shape index (κ3) is 2.82. The molecule has 2 N–H and O–H groups in total. The van der Waals surface area contributed by atoms with Gasteiger partial charge in [0.2, 0.25) is 0 Å². The maximum Gasteiger partial charge on any atom is 0.251 e. The van der Waals surface area contributed by atoms with Gasteiger partial charge in [0.05, 0.1) is 5.56 Å². The molecule has 92 valence electrons. The Labute approximate surface area is 100 Å². The first-order chi connectivity index (χ1) is 8.06. The Hall–Kier alpha value is -1.42. The molecule has 0 bridgehead atoms. The molecule has 1 aromatic carbocycles. The van der Waals surface area contributed by atoms with E-state index >= 15 is 0 Å². The number of halogens is 1. The van der Waals surface area contributed by atoms with Crippen LogP contribution in [0.3, 0.4) is 0 Å². The molecule has 0 aromatic heterocycles. The molecule has 1 aliphatic heterocycles. The van der Waals surface area contributed by atoms with Crippen LogP contribution in [-0.4, -0.2) is 23.9 Å². The third-order valence-electron chi connectivity index (χ3n) is 3.21. The fourth-order valence-corrected chi connectivity index (χ4v) is 2.28. The molecule has 4 heteroatoms. The first-order valence-electron chi connectivity index (χ1n) is 5.87. The second-order valence-corrected chi connectivity index (χ2v) is 4.81. The third-order valence-corrected chi connectivity index (χ3v) is 3.21. The van der Waals surface area contributed by atoms with Crippen LogP contribution in [-0.2, 0) is 6.54 Å². The van der Waals surface area contributed by atoms with E-state index in [1.807, 2.05) is 0 Å². The van der Waals surface area contributed by atoms with Crippen molar-refractivity contribution in [3.63, 3.8) is 0 Å². The molecule has 0 radical (unpaired) electrons. The monoisotopic (exact) mass is 236 g/mol. The zero-order valence-electron chi connectivity index (χ0n) is 9.95. The van der Waals surface area contributed by atoms with Crippen molar-refractivity contribution in [2.75, 3.05) is 13.1 Å². The van der Waals surface area contributed by atoms with E-state index in [1.165, 1.54) is 18.6 Å². The first-order valence-corrected chi connectivity index (χ1v) is 5.87. The van der Waals surface area contributed by atoms with Crippen LogP contribution in [0.1, 0.15) is 29.3 Å². The lowest BCUT2D eigenvalue weighted by Crippen LogP contribution is -2.20. The first kappa shape index (κ1) is 12.0. The van der Waals surface area contributed by atoms with E-state index in [-0.39, 0.29) is 5.56 Å². The summed E-state index contributed by atoms with van der Waals surface area (Å²) in [7, 11) is 0. The average molecular weight is 236 g/mol. The van der Waals surface area contributed by atoms with E-state index in [1.54, 1.807) is 6.07 Å². The summed E-state index contributed by atoms with van der Waals surface area (Å²) in [6, 6.07) is 4.64. The molecule has 0 spiro atoms. The summed E-state index contributed by atoms with van der Waals surface area (Å²) < 4.78 is 13.5. The molecular formula is C13H17FN2O. The number of primary amides is 1. The molecule has 1 amide bonds. The molecule has 17 heavy (non-hydrogen) atoms. The van der Waals surface area contributed by atoms with Crippen molar-refractivity contribution in [1.29, 1.82) is 0 Å². The Bertz CT molecular complexity index is 433. The van der Waals surface area contributed by atoms with Gasteiger partial charge >= 0.3 is 0 Å². The summed E-state index contributed by atoms with van der Waals surface area (Å²) in [5, 5.41) is 0. The van der Waals surface area contributed by atoms with Crippen molar-refractivity contribution in [3.05, 3.63) is 35.1 Å². The van der Waals surface area contributed by atoms with Gasteiger partial charge in [-0.25, -0.2) is 4.39 Å².